The van der Waals surface area contributed by atoms with Gasteiger partial charge in [-0.15, -0.1) is 11.3 Å². The average molecular weight is 326 g/mol. The number of urea groups is 1. The number of carbonyl (C=O) groups is 1. The molecule has 1 aromatic rings. The van der Waals surface area contributed by atoms with Crippen molar-refractivity contribution in [3.05, 3.63) is 21.9 Å². The lowest BCUT2D eigenvalue weighted by Gasteiger charge is -2.26. The smallest absolute Gasteiger partial charge is 0.317 e. The Hall–Kier alpha value is -1.11. The normalized spacial score (nSPS) is 18.2. The van der Waals surface area contributed by atoms with Crippen LogP contribution in [0.3, 0.4) is 0 Å². The van der Waals surface area contributed by atoms with Crippen molar-refractivity contribution in [3.63, 3.8) is 0 Å². The number of amides is 2. The van der Waals surface area contributed by atoms with Gasteiger partial charge in [-0.1, -0.05) is 6.92 Å². The maximum atomic E-state index is 12.1. The molecule has 0 radical (unpaired) electrons. The summed E-state index contributed by atoms with van der Waals surface area (Å²) >= 11 is 1.72. The van der Waals surface area contributed by atoms with Crippen LogP contribution in [0, 0.1) is 12.8 Å². The first-order valence-electron chi connectivity index (χ1n) is 7.70. The number of aryl methyl sites for hydroxylation is 1. The Morgan fingerprint density at radius 1 is 1.45 bits per heavy atom. The summed E-state index contributed by atoms with van der Waals surface area (Å²) in [5, 5.41) is 2.98. The summed E-state index contributed by atoms with van der Waals surface area (Å²) in [6, 6.07) is 4.11. The molecule has 2 amide bonds. The van der Waals surface area contributed by atoms with Crippen LogP contribution < -0.4 is 5.32 Å². The van der Waals surface area contributed by atoms with E-state index in [0.29, 0.717) is 32.2 Å². The standard InChI is InChI=1S/C16H26N2O3S/c1-12(9-16(3)20-7-8-21-16)10-17-15(19)18(4)11-14-6-5-13(2)22-14/h5-6,12H,7-11H2,1-4H3,(H,17,19)/t12-/m0/s1. The monoisotopic (exact) mass is 326 g/mol. The SMILES string of the molecule is Cc1ccc(CN(C)C(=O)NC[C@@H](C)CC2(C)OCCO2)s1. The molecule has 6 heteroatoms. The quantitative estimate of drug-likeness (QED) is 0.874. The van der Waals surface area contributed by atoms with E-state index in [2.05, 4.69) is 31.3 Å². The third-order valence-electron chi connectivity index (χ3n) is 3.75. The van der Waals surface area contributed by atoms with Crippen LogP contribution in [0.5, 0.6) is 0 Å². The number of hydrogen-bond donors (Lipinski definition) is 1. The van der Waals surface area contributed by atoms with Crippen molar-refractivity contribution in [1.82, 2.24) is 10.2 Å². The van der Waals surface area contributed by atoms with E-state index in [1.807, 2.05) is 14.0 Å². The second-order valence-corrected chi connectivity index (χ2v) is 7.57. The van der Waals surface area contributed by atoms with Crippen LogP contribution in [0.15, 0.2) is 12.1 Å². The van der Waals surface area contributed by atoms with Crippen LogP contribution in [-0.2, 0) is 16.0 Å². The maximum absolute atomic E-state index is 12.1. The van der Waals surface area contributed by atoms with Gasteiger partial charge in [0.25, 0.3) is 0 Å². The molecule has 0 saturated carbocycles. The fourth-order valence-electron chi connectivity index (χ4n) is 2.65. The van der Waals surface area contributed by atoms with Gasteiger partial charge < -0.3 is 19.7 Å². The van der Waals surface area contributed by atoms with E-state index < -0.39 is 5.79 Å². The van der Waals surface area contributed by atoms with Gasteiger partial charge in [-0.3, -0.25) is 0 Å². The highest BCUT2D eigenvalue weighted by Crippen LogP contribution is 2.26. The molecule has 22 heavy (non-hydrogen) atoms. The largest absolute Gasteiger partial charge is 0.348 e. The van der Waals surface area contributed by atoms with Crippen LogP contribution in [0.25, 0.3) is 0 Å². The molecule has 5 nitrogen and oxygen atoms in total. The predicted octanol–water partition coefficient (Wildman–Crippen LogP) is 2.99. The van der Waals surface area contributed by atoms with Gasteiger partial charge in [0.05, 0.1) is 19.8 Å². The molecule has 0 unspecified atom stereocenters. The van der Waals surface area contributed by atoms with E-state index in [9.17, 15) is 4.79 Å². The Kier molecular flexibility index (Phi) is 5.83. The van der Waals surface area contributed by atoms with Gasteiger partial charge in [-0.05, 0) is 31.9 Å². The summed E-state index contributed by atoms with van der Waals surface area (Å²) < 4.78 is 11.2. The molecule has 0 spiro atoms. The molecule has 1 aliphatic heterocycles. The molecule has 1 saturated heterocycles. The molecule has 0 aliphatic carbocycles. The second-order valence-electron chi connectivity index (χ2n) is 6.19. The van der Waals surface area contributed by atoms with Gasteiger partial charge in [0.15, 0.2) is 5.79 Å². The van der Waals surface area contributed by atoms with Crippen molar-refractivity contribution in [2.45, 2.75) is 39.5 Å². The molecule has 124 valence electrons. The zero-order chi connectivity index (χ0) is 16.2. The number of ether oxygens (including phenoxy) is 2. The van der Waals surface area contributed by atoms with Crippen LogP contribution >= 0.6 is 11.3 Å². The molecule has 0 aromatic carbocycles. The molecule has 1 atom stereocenters. The summed E-state index contributed by atoms with van der Waals surface area (Å²) in [7, 11) is 1.82. The summed E-state index contributed by atoms with van der Waals surface area (Å²) in [6.45, 7) is 8.70. The van der Waals surface area contributed by atoms with E-state index in [4.69, 9.17) is 9.47 Å². The van der Waals surface area contributed by atoms with Gasteiger partial charge in [-0.25, -0.2) is 4.79 Å². The predicted molar refractivity (Wildman–Crippen MR) is 88.0 cm³/mol. The van der Waals surface area contributed by atoms with Gasteiger partial charge >= 0.3 is 6.03 Å². The Labute approximate surface area is 136 Å². The molecule has 2 heterocycles. The van der Waals surface area contributed by atoms with Crippen LogP contribution in [0.1, 0.15) is 30.0 Å². The summed E-state index contributed by atoms with van der Waals surface area (Å²) in [4.78, 5) is 16.3. The van der Waals surface area contributed by atoms with E-state index in [-0.39, 0.29) is 6.03 Å². The number of nitrogens with zero attached hydrogens (tertiary/aromatic N) is 1. The van der Waals surface area contributed by atoms with Crippen molar-refractivity contribution in [2.75, 3.05) is 26.8 Å². The highest BCUT2D eigenvalue weighted by molar-refractivity contribution is 7.11. The van der Waals surface area contributed by atoms with Crippen molar-refractivity contribution < 1.29 is 14.3 Å². The molecule has 1 N–H and O–H groups in total. The Balaban J connectivity index is 1.72. The highest BCUT2D eigenvalue weighted by Gasteiger charge is 2.32. The minimum absolute atomic E-state index is 0.0451. The van der Waals surface area contributed by atoms with E-state index in [1.54, 1.807) is 16.2 Å². The van der Waals surface area contributed by atoms with Crippen LogP contribution in [0.2, 0.25) is 0 Å². The number of hydrogen-bond acceptors (Lipinski definition) is 4. The van der Waals surface area contributed by atoms with E-state index in [1.165, 1.54) is 9.75 Å². The molecule has 1 fully saturated rings. The first-order chi connectivity index (χ1) is 10.4. The number of rotatable bonds is 6. The molecule has 1 aliphatic rings. The van der Waals surface area contributed by atoms with E-state index >= 15 is 0 Å². The molecule has 1 aromatic heterocycles. The molecule has 2 rings (SSSR count). The highest BCUT2D eigenvalue weighted by atomic mass is 32.1. The Morgan fingerprint density at radius 3 is 2.73 bits per heavy atom. The zero-order valence-electron chi connectivity index (χ0n) is 13.8. The third kappa shape index (κ3) is 4.97. The Bertz CT molecular complexity index is 497. The molecule has 0 bridgehead atoms. The van der Waals surface area contributed by atoms with Crippen molar-refractivity contribution in [1.29, 1.82) is 0 Å². The van der Waals surface area contributed by atoms with Crippen molar-refractivity contribution >= 4 is 17.4 Å². The summed E-state index contributed by atoms with van der Waals surface area (Å²) in [5.74, 6) is -0.200. The van der Waals surface area contributed by atoms with Gasteiger partial charge in [0, 0.05) is 29.8 Å². The fourth-order valence-corrected chi connectivity index (χ4v) is 3.60. The second kappa shape index (κ2) is 7.44. The maximum Gasteiger partial charge on any atom is 0.317 e. The minimum Gasteiger partial charge on any atom is -0.348 e. The van der Waals surface area contributed by atoms with Crippen molar-refractivity contribution in [2.24, 2.45) is 5.92 Å². The Morgan fingerprint density at radius 2 is 2.14 bits per heavy atom. The lowest BCUT2D eigenvalue weighted by molar-refractivity contribution is -0.153. The lowest BCUT2D eigenvalue weighted by Crippen LogP contribution is -2.40. The third-order valence-corrected chi connectivity index (χ3v) is 4.74. The molecular weight excluding hydrogens is 300 g/mol. The lowest BCUT2D eigenvalue weighted by atomic mass is 10.0. The zero-order valence-corrected chi connectivity index (χ0v) is 14.7. The number of carbonyl (C=O) groups excluding carboxylic acids is 1. The van der Waals surface area contributed by atoms with Crippen LogP contribution in [-0.4, -0.2) is 43.5 Å². The van der Waals surface area contributed by atoms with Crippen LogP contribution in [0.4, 0.5) is 4.79 Å². The average Bonchev–Trinajstić information content (AvgIpc) is 3.05. The van der Waals surface area contributed by atoms with Gasteiger partial charge in [0.1, 0.15) is 0 Å². The van der Waals surface area contributed by atoms with Gasteiger partial charge in [-0.2, -0.15) is 0 Å². The first-order valence-corrected chi connectivity index (χ1v) is 8.52. The minimum atomic E-state index is -0.495. The van der Waals surface area contributed by atoms with E-state index in [0.717, 1.165) is 6.42 Å². The fraction of sp³-hybridized carbons (Fsp3) is 0.688. The summed E-state index contributed by atoms with van der Waals surface area (Å²) in [5.41, 5.74) is 0. The summed E-state index contributed by atoms with van der Waals surface area (Å²) in [6.07, 6.45) is 0.779. The topological polar surface area (TPSA) is 50.8 Å². The number of nitrogens with one attached hydrogen (secondary N) is 1. The molecular formula is C16H26N2O3S. The van der Waals surface area contributed by atoms with Crippen molar-refractivity contribution in [3.8, 4) is 0 Å². The first kappa shape index (κ1) is 17.2. The van der Waals surface area contributed by atoms with Gasteiger partial charge in [0.2, 0.25) is 0 Å². The number of thiophene rings is 1.